The van der Waals surface area contributed by atoms with Crippen LogP contribution in [0.15, 0.2) is 24.3 Å². The largest absolute Gasteiger partial charge is 0.342 e. The molecule has 1 aromatic rings. The number of imidazole rings is 1. The van der Waals surface area contributed by atoms with Crippen molar-refractivity contribution in [3.8, 4) is 0 Å². The van der Waals surface area contributed by atoms with Gasteiger partial charge in [0.2, 0.25) is 0 Å². The van der Waals surface area contributed by atoms with Gasteiger partial charge in [0.05, 0.1) is 11.9 Å². The minimum atomic E-state index is 0.939. The van der Waals surface area contributed by atoms with E-state index in [-0.39, 0.29) is 0 Å². The molecule has 0 radical (unpaired) electrons. The van der Waals surface area contributed by atoms with Crippen LogP contribution in [0.3, 0.4) is 0 Å². The normalized spacial score (nSPS) is 11.7. The first-order chi connectivity index (χ1) is 5.77. The highest BCUT2D eigenvalue weighted by molar-refractivity contribution is 8.10. The second-order valence-corrected chi connectivity index (χ2v) is 3.33. The molecule has 0 aliphatic carbocycles. The van der Waals surface area contributed by atoms with E-state index in [4.69, 9.17) is 0 Å². The number of nitrogens with zero attached hydrogens (tertiary/aromatic N) is 1. The lowest BCUT2D eigenvalue weighted by atomic mass is 10.4. The summed E-state index contributed by atoms with van der Waals surface area (Å²) in [7, 11) is 0. The van der Waals surface area contributed by atoms with Crippen LogP contribution in [0, 0.1) is 6.92 Å². The molecule has 0 aliphatic rings. The molecule has 0 fully saturated rings. The summed E-state index contributed by atoms with van der Waals surface area (Å²) >= 11 is 1.60. The van der Waals surface area contributed by atoms with Crippen molar-refractivity contribution in [3.05, 3.63) is 35.8 Å². The maximum Gasteiger partial charge on any atom is 0.103 e. The molecule has 0 unspecified atom stereocenters. The standard InChI is InChI=1S/C9H12N2S/c1-4-9(12-5-2)8-6-10-7(3)11-8/h4-6H,2H2,1,3H3,(H,10,11)/b9-4-. The first kappa shape index (κ1) is 9.13. The molecule has 1 aromatic heterocycles. The van der Waals surface area contributed by atoms with Crippen LogP contribution in [0.1, 0.15) is 18.4 Å². The molecular formula is C9H12N2S. The maximum atomic E-state index is 4.12. The van der Waals surface area contributed by atoms with Gasteiger partial charge in [-0.2, -0.15) is 0 Å². The van der Waals surface area contributed by atoms with Gasteiger partial charge in [-0.15, -0.1) is 0 Å². The van der Waals surface area contributed by atoms with Gasteiger partial charge in [0.25, 0.3) is 0 Å². The minimum Gasteiger partial charge on any atom is -0.342 e. The fourth-order valence-electron chi connectivity index (χ4n) is 0.923. The Morgan fingerprint density at radius 2 is 2.50 bits per heavy atom. The Kier molecular flexibility index (Phi) is 3.17. The monoisotopic (exact) mass is 180 g/mol. The lowest BCUT2D eigenvalue weighted by molar-refractivity contribution is 1.14. The van der Waals surface area contributed by atoms with E-state index in [1.54, 1.807) is 11.8 Å². The zero-order chi connectivity index (χ0) is 8.97. The van der Waals surface area contributed by atoms with E-state index >= 15 is 0 Å². The fourth-order valence-corrected chi connectivity index (χ4v) is 1.47. The van der Waals surface area contributed by atoms with Crippen molar-refractivity contribution in [3.63, 3.8) is 0 Å². The smallest absolute Gasteiger partial charge is 0.103 e. The quantitative estimate of drug-likeness (QED) is 0.774. The molecule has 2 nitrogen and oxygen atoms in total. The summed E-state index contributed by atoms with van der Waals surface area (Å²) in [6.07, 6.45) is 3.88. The lowest BCUT2D eigenvalue weighted by Gasteiger charge is -1.97. The van der Waals surface area contributed by atoms with Gasteiger partial charge in [-0.1, -0.05) is 24.4 Å². The number of nitrogens with one attached hydrogen (secondary N) is 1. The lowest BCUT2D eigenvalue weighted by Crippen LogP contribution is -1.78. The van der Waals surface area contributed by atoms with E-state index in [0.29, 0.717) is 0 Å². The summed E-state index contributed by atoms with van der Waals surface area (Å²) in [5, 5.41) is 1.81. The second-order valence-electron chi connectivity index (χ2n) is 2.32. The van der Waals surface area contributed by atoms with Crippen LogP contribution >= 0.6 is 11.8 Å². The first-order valence-corrected chi connectivity index (χ1v) is 4.61. The van der Waals surface area contributed by atoms with Crippen LogP contribution in [0.2, 0.25) is 0 Å². The van der Waals surface area contributed by atoms with E-state index in [0.717, 1.165) is 16.4 Å². The number of allylic oxidation sites excluding steroid dienone is 1. The summed E-state index contributed by atoms with van der Waals surface area (Å²) in [5.41, 5.74) is 1.06. The fraction of sp³-hybridized carbons (Fsp3) is 0.222. The third-order valence-corrected chi connectivity index (χ3v) is 2.32. The highest BCUT2D eigenvalue weighted by Crippen LogP contribution is 2.25. The van der Waals surface area contributed by atoms with Crippen LogP contribution in [0.25, 0.3) is 4.91 Å². The average molecular weight is 180 g/mol. The molecule has 0 aromatic carbocycles. The Balaban J connectivity index is 2.87. The summed E-state index contributed by atoms with van der Waals surface area (Å²) in [4.78, 5) is 8.45. The Bertz CT molecular complexity index is 299. The maximum absolute atomic E-state index is 4.12. The van der Waals surface area contributed by atoms with Crippen molar-refractivity contribution in [2.24, 2.45) is 0 Å². The Morgan fingerprint density at radius 1 is 1.75 bits per heavy atom. The summed E-state index contributed by atoms with van der Waals surface area (Å²) < 4.78 is 0. The number of aromatic nitrogens is 2. The SMILES string of the molecule is C=CS/C(=C\C)c1cnc(C)[nH]1. The van der Waals surface area contributed by atoms with Crippen molar-refractivity contribution >= 4 is 16.7 Å². The summed E-state index contributed by atoms with van der Waals surface area (Å²) in [5.74, 6) is 0.939. The van der Waals surface area contributed by atoms with Gasteiger partial charge in [-0.05, 0) is 19.3 Å². The number of H-pyrrole nitrogens is 1. The molecule has 0 atom stereocenters. The number of aromatic amines is 1. The number of aryl methyl sites for hydroxylation is 1. The molecule has 0 amide bonds. The Labute approximate surface area is 76.8 Å². The third-order valence-electron chi connectivity index (χ3n) is 1.44. The molecular weight excluding hydrogens is 168 g/mol. The highest BCUT2D eigenvalue weighted by atomic mass is 32.2. The Hall–Kier alpha value is -0.960. The summed E-state index contributed by atoms with van der Waals surface area (Å²) in [6, 6.07) is 0. The number of hydrogen-bond donors (Lipinski definition) is 1. The molecule has 3 heteroatoms. The van der Waals surface area contributed by atoms with Crippen molar-refractivity contribution in [1.29, 1.82) is 0 Å². The third kappa shape index (κ3) is 2.01. The van der Waals surface area contributed by atoms with Gasteiger partial charge < -0.3 is 4.98 Å². The molecule has 1 N–H and O–H groups in total. The van der Waals surface area contributed by atoms with Crippen LogP contribution in [-0.2, 0) is 0 Å². The molecule has 1 heterocycles. The molecule has 0 bridgehead atoms. The van der Waals surface area contributed by atoms with E-state index in [9.17, 15) is 0 Å². The molecule has 12 heavy (non-hydrogen) atoms. The van der Waals surface area contributed by atoms with Gasteiger partial charge in [0.15, 0.2) is 0 Å². The van der Waals surface area contributed by atoms with Gasteiger partial charge in [-0.3, -0.25) is 0 Å². The number of rotatable bonds is 3. The van der Waals surface area contributed by atoms with Crippen LogP contribution in [0.5, 0.6) is 0 Å². The predicted molar refractivity (Wildman–Crippen MR) is 54.8 cm³/mol. The van der Waals surface area contributed by atoms with Gasteiger partial charge in [0, 0.05) is 4.91 Å². The van der Waals surface area contributed by atoms with E-state index in [1.165, 1.54) is 0 Å². The van der Waals surface area contributed by atoms with Crippen LogP contribution < -0.4 is 0 Å². The molecule has 0 saturated heterocycles. The van der Waals surface area contributed by atoms with Crippen molar-refractivity contribution in [2.75, 3.05) is 0 Å². The molecule has 0 spiro atoms. The van der Waals surface area contributed by atoms with E-state index in [1.807, 2.05) is 31.5 Å². The van der Waals surface area contributed by atoms with Gasteiger partial charge >= 0.3 is 0 Å². The molecule has 0 saturated carbocycles. The van der Waals surface area contributed by atoms with Gasteiger partial charge in [0.1, 0.15) is 5.82 Å². The zero-order valence-electron chi connectivity index (χ0n) is 7.29. The number of thioether (sulfide) groups is 1. The van der Waals surface area contributed by atoms with Crippen molar-refractivity contribution in [1.82, 2.24) is 9.97 Å². The summed E-state index contributed by atoms with van der Waals surface area (Å²) in [6.45, 7) is 7.61. The van der Waals surface area contributed by atoms with Crippen molar-refractivity contribution < 1.29 is 0 Å². The predicted octanol–water partition coefficient (Wildman–Crippen LogP) is 2.96. The molecule has 1 rings (SSSR count). The van der Waals surface area contributed by atoms with E-state index < -0.39 is 0 Å². The van der Waals surface area contributed by atoms with E-state index in [2.05, 4.69) is 16.5 Å². The second kappa shape index (κ2) is 4.16. The minimum absolute atomic E-state index is 0.939. The van der Waals surface area contributed by atoms with Crippen LogP contribution in [-0.4, -0.2) is 9.97 Å². The van der Waals surface area contributed by atoms with Gasteiger partial charge in [-0.25, -0.2) is 4.98 Å². The molecule has 64 valence electrons. The first-order valence-electron chi connectivity index (χ1n) is 3.73. The highest BCUT2D eigenvalue weighted by Gasteiger charge is 2.01. The number of hydrogen-bond acceptors (Lipinski definition) is 2. The van der Waals surface area contributed by atoms with Crippen molar-refractivity contribution in [2.45, 2.75) is 13.8 Å². The topological polar surface area (TPSA) is 28.7 Å². The zero-order valence-corrected chi connectivity index (χ0v) is 8.11. The Morgan fingerprint density at radius 3 is 2.92 bits per heavy atom. The average Bonchev–Trinajstić information content (AvgIpc) is 2.47. The molecule has 0 aliphatic heterocycles. The van der Waals surface area contributed by atoms with Crippen LogP contribution in [0.4, 0.5) is 0 Å².